The molecule has 0 unspecified atom stereocenters. The van der Waals surface area contributed by atoms with Crippen LogP contribution in [0.25, 0.3) is 0 Å². The molecular formula is C24H29NO. The lowest BCUT2D eigenvalue weighted by molar-refractivity contribution is 0.00238. The number of likely N-dealkylation sites (tertiary alicyclic amines) is 1. The lowest BCUT2D eigenvalue weighted by Gasteiger charge is -2.58. The third-order valence-electron chi connectivity index (χ3n) is 7.37. The molecule has 2 aromatic carbocycles. The number of rotatable bonds is 2. The van der Waals surface area contributed by atoms with Crippen molar-refractivity contribution in [2.45, 2.75) is 56.9 Å². The van der Waals surface area contributed by atoms with Crippen molar-refractivity contribution in [2.24, 2.45) is 5.92 Å². The Hall–Kier alpha value is -1.80. The minimum atomic E-state index is 0.398. The van der Waals surface area contributed by atoms with E-state index in [-0.39, 0.29) is 0 Å². The van der Waals surface area contributed by atoms with Gasteiger partial charge in [-0.2, -0.15) is 0 Å². The Labute approximate surface area is 157 Å². The number of aryl methyl sites for hydroxylation is 1. The topological polar surface area (TPSA) is 12.5 Å². The molecule has 3 atom stereocenters. The highest BCUT2D eigenvalue weighted by atomic mass is 16.5. The monoisotopic (exact) mass is 347 g/mol. The summed E-state index contributed by atoms with van der Waals surface area (Å²) in [5, 5.41) is 0. The first kappa shape index (κ1) is 16.4. The van der Waals surface area contributed by atoms with E-state index in [0.29, 0.717) is 11.5 Å². The minimum Gasteiger partial charge on any atom is -0.457 e. The van der Waals surface area contributed by atoms with Gasteiger partial charge in [0.05, 0.1) is 0 Å². The lowest BCUT2D eigenvalue weighted by Crippen LogP contribution is -2.59. The molecule has 0 N–H and O–H groups in total. The van der Waals surface area contributed by atoms with Gasteiger partial charge in [-0.15, -0.1) is 0 Å². The summed E-state index contributed by atoms with van der Waals surface area (Å²) in [5.74, 6) is 2.86. The summed E-state index contributed by atoms with van der Waals surface area (Å²) >= 11 is 0. The van der Waals surface area contributed by atoms with Crippen molar-refractivity contribution < 1.29 is 4.74 Å². The van der Waals surface area contributed by atoms with Crippen LogP contribution in [0, 0.1) is 12.8 Å². The fraction of sp³-hybridized carbons (Fsp3) is 0.500. The largest absolute Gasteiger partial charge is 0.457 e. The minimum absolute atomic E-state index is 0.398. The average molecular weight is 348 g/mol. The standard InChI is InChI=1S/C24H29NO/c1-17-9-11-18(12-10-17)26-23-8-5-7-20-19(23)16-22-21-6-3-4-13-24(20,21)14-15-25(22)2/h5,7-12,21-22H,3-4,6,13-16H2,1-2H3/t21-,22+,24-/m0/s1. The predicted molar refractivity (Wildman–Crippen MR) is 106 cm³/mol. The Kier molecular flexibility index (Phi) is 3.86. The van der Waals surface area contributed by atoms with Crippen LogP contribution in [0.2, 0.25) is 0 Å². The van der Waals surface area contributed by atoms with Crippen molar-refractivity contribution in [3.63, 3.8) is 0 Å². The maximum absolute atomic E-state index is 6.39. The fourth-order valence-corrected chi connectivity index (χ4v) is 6.03. The number of benzene rings is 2. The van der Waals surface area contributed by atoms with Crippen LogP contribution in [0.4, 0.5) is 0 Å². The molecule has 2 aliphatic carbocycles. The Morgan fingerprint density at radius 2 is 1.88 bits per heavy atom. The molecule has 0 amide bonds. The number of ether oxygens (including phenoxy) is 1. The first-order valence-electron chi connectivity index (χ1n) is 10.2. The molecule has 1 saturated carbocycles. The van der Waals surface area contributed by atoms with Crippen LogP contribution in [0.3, 0.4) is 0 Å². The maximum atomic E-state index is 6.39. The predicted octanol–water partition coefficient (Wildman–Crippen LogP) is 5.48. The number of hydrogen-bond donors (Lipinski definition) is 0. The quantitative estimate of drug-likeness (QED) is 0.714. The Bertz CT molecular complexity index is 811. The molecule has 0 aromatic heterocycles. The number of hydrogen-bond acceptors (Lipinski definition) is 2. The van der Waals surface area contributed by atoms with Gasteiger partial charge in [0.2, 0.25) is 0 Å². The molecule has 2 heteroatoms. The van der Waals surface area contributed by atoms with Crippen molar-refractivity contribution in [2.75, 3.05) is 13.6 Å². The average Bonchev–Trinajstić information content (AvgIpc) is 2.67. The smallest absolute Gasteiger partial charge is 0.130 e. The van der Waals surface area contributed by atoms with E-state index in [0.717, 1.165) is 23.8 Å². The second kappa shape index (κ2) is 6.13. The molecule has 0 spiro atoms. The zero-order valence-corrected chi connectivity index (χ0v) is 16.0. The summed E-state index contributed by atoms with van der Waals surface area (Å²) in [6, 6.07) is 15.9. The Morgan fingerprint density at radius 1 is 1.04 bits per heavy atom. The molecule has 26 heavy (non-hydrogen) atoms. The maximum Gasteiger partial charge on any atom is 0.130 e. The molecule has 2 fully saturated rings. The van der Waals surface area contributed by atoms with Gasteiger partial charge in [-0.1, -0.05) is 42.7 Å². The van der Waals surface area contributed by atoms with E-state index < -0.39 is 0 Å². The third-order valence-corrected chi connectivity index (χ3v) is 7.37. The van der Waals surface area contributed by atoms with Crippen molar-refractivity contribution in [3.8, 4) is 11.5 Å². The van der Waals surface area contributed by atoms with Gasteiger partial charge >= 0.3 is 0 Å². The van der Waals surface area contributed by atoms with E-state index in [2.05, 4.69) is 61.3 Å². The van der Waals surface area contributed by atoms with Crippen LogP contribution in [0.15, 0.2) is 42.5 Å². The highest BCUT2D eigenvalue weighted by Gasteiger charge is 2.53. The first-order valence-corrected chi connectivity index (χ1v) is 10.2. The van der Waals surface area contributed by atoms with E-state index >= 15 is 0 Å². The first-order chi connectivity index (χ1) is 12.7. The summed E-state index contributed by atoms with van der Waals surface area (Å²) in [6.07, 6.45) is 8.01. The van der Waals surface area contributed by atoms with E-state index in [1.54, 1.807) is 5.56 Å². The summed E-state index contributed by atoms with van der Waals surface area (Å²) < 4.78 is 6.39. The molecule has 1 saturated heterocycles. The number of nitrogens with zero attached hydrogens (tertiary/aromatic N) is 1. The van der Waals surface area contributed by atoms with E-state index in [1.165, 1.54) is 49.8 Å². The molecule has 2 bridgehead atoms. The van der Waals surface area contributed by atoms with Gasteiger partial charge in [0.25, 0.3) is 0 Å². The zero-order valence-electron chi connectivity index (χ0n) is 16.0. The van der Waals surface area contributed by atoms with Crippen molar-refractivity contribution in [1.82, 2.24) is 4.90 Å². The second-order valence-electron chi connectivity index (χ2n) is 8.71. The van der Waals surface area contributed by atoms with Gasteiger partial charge in [-0.25, -0.2) is 0 Å². The molecule has 5 rings (SSSR count). The van der Waals surface area contributed by atoms with Gasteiger partial charge in [-0.05, 0) is 75.9 Å². The molecule has 2 aromatic rings. The summed E-state index contributed by atoms with van der Waals surface area (Å²) in [4.78, 5) is 2.62. The van der Waals surface area contributed by atoms with Crippen LogP contribution < -0.4 is 4.74 Å². The highest BCUT2D eigenvalue weighted by molar-refractivity contribution is 5.50. The van der Waals surface area contributed by atoms with Crippen molar-refractivity contribution >= 4 is 0 Å². The van der Waals surface area contributed by atoms with Gasteiger partial charge in [0.15, 0.2) is 0 Å². The number of fused-ring (bicyclic) bond motifs is 1. The summed E-state index contributed by atoms with van der Waals surface area (Å²) in [5.41, 5.74) is 4.75. The third kappa shape index (κ3) is 2.42. The van der Waals surface area contributed by atoms with E-state index in [4.69, 9.17) is 4.74 Å². The van der Waals surface area contributed by atoms with Crippen LogP contribution in [-0.2, 0) is 11.8 Å². The normalized spacial score (nSPS) is 30.4. The van der Waals surface area contributed by atoms with Crippen LogP contribution >= 0.6 is 0 Å². The second-order valence-corrected chi connectivity index (χ2v) is 8.71. The molecule has 3 aliphatic rings. The lowest BCUT2D eigenvalue weighted by atomic mass is 9.52. The van der Waals surface area contributed by atoms with Crippen molar-refractivity contribution in [3.05, 3.63) is 59.2 Å². The molecule has 1 aliphatic heterocycles. The SMILES string of the molecule is Cc1ccc(Oc2cccc3c2C[C@@H]2[C@@H]4CCCC[C@]34CCN2C)cc1. The number of likely N-dealkylation sites (N-methyl/N-ethyl adjacent to an activating group) is 1. The number of piperidine rings is 1. The Balaban J connectivity index is 1.59. The van der Waals surface area contributed by atoms with Crippen LogP contribution in [-0.4, -0.2) is 24.5 Å². The summed E-state index contributed by atoms with van der Waals surface area (Å²) in [6.45, 7) is 3.36. The molecule has 2 nitrogen and oxygen atoms in total. The van der Waals surface area contributed by atoms with E-state index in [9.17, 15) is 0 Å². The molecule has 1 heterocycles. The van der Waals surface area contributed by atoms with Crippen LogP contribution in [0.5, 0.6) is 11.5 Å². The van der Waals surface area contributed by atoms with Gasteiger partial charge < -0.3 is 9.64 Å². The van der Waals surface area contributed by atoms with E-state index in [1.807, 2.05) is 0 Å². The molecular weight excluding hydrogens is 318 g/mol. The molecule has 0 radical (unpaired) electrons. The Morgan fingerprint density at radius 3 is 2.73 bits per heavy atom. The van der Waals surface area contributed by atoms with Crippen LogP contribution in [0.1, 0.15) is 48.8 Å². The summed E-state index contributed by atoms with van der Waals surface area (Å²) in [7, 11) is 2.33. The molecule has 136 valence electrons. The van der Waals surface area contributed by atoms with Crippen molar-refractivity contribution in [1.29, 1.82) is 0 Å². The fourth-order valence-electron chi connectivity index (χ4n) is 6.03. The highest BCUT2D eigenvalue weighted by Crippen LogP contribution is 2.56. The van der Waals surface area contributed by atoms with Gasteiger partial charge in [0, 0.05) is 17.0 Å². The zero-order chi connectivity index (χ0) is 17.7. The van der Waals surface area contributed by atoms with Gasteiger partial charge in [-0.3, -0.25) is 0 Å². The van der Waals surface area contributed by atoms with Gasteiger partial charge in [0.1, 0.15) is 11.5 Å².